The van der Waals surface area contributed by atoms with Crippen LogP contribution in [-0.2, 0) is 4.79 Å². The van der Waals surface area contributed by atoms with Crippen LogP contribution in [0.15, 0.2) is 77.7 Å². The second-order valence-electron chi connectivity index (χ2n) is 6.11. The highest BCUT2D eigenvalue weighted by atomic mass is 35.5. The molecule has 0 aromatic heterocycles. The third kappa shape index (κ3) is 3.59. The summed E-state index contributed by atoms with van der Waals surface area (Å²) >= 11 is 7.78. The van der Waals surface area contributed by atoms with Gasteiger partial charge < -0.3 is 10.6 Å². The minimum atomic E-state index is -0.139. The van der Waals surface area contributed by atoms with Crippen LogP contribution in [0.2, 0.25) is 5.02 Å². The van der Waals surface area contributed by atoms with Crippen LogP contribution in [0.4, 0.5) is 11.4 Å². The second-order valence-corrected chi connectivity index (χ2v) is 7.43. The standard InChI is InChI=1S/C22H17ClN2OS/c1-27-17-10-8-16(9-11-17)24-21(14-5-3-2-4-6-14)20-18-12-7-15(23)13-19(18)25-22(20)26/h2-13,24H,1H3,(H,25,26)/b21-20-. The Kier molecular flexibility index (Phi) is 4.92. The van der Waals surface area contributed by atoms with Crippen molar-refractivity contribution in [2.45, 2.75) is 4.90 Å². The largest absolute Gasteiger partial charge is 0.354 e. The van der Waals surface area contributed by atoms with Gasteiger partial charge in [-0.05, 0) is 48.2 Å². The van der Waals surface area contributed by atoms with Crippen molar-refractivity contribution in [3.05, 3.63) is 88.9 Å². The van der Waals surface area contributed by atoms with Crippen LogP contribution in [0.25, 0.3) is 11.3 Å². The number of rotatable bonds is 4. The van der Waals surface area contributed by atoms with Crippen LogP contribution in [0.1, 0.15) is 11.1 Å². The van der Waals surface area contributed by atoms with Crippen molar-refractivity contribution in [2.24, 2.45) is 0 Å². The topological polar surface area (TPSA) is 41.1 Å². The first-order valence-electron chi connectivity index (χ1n) is 8.48. The predicted molar refractivity (Wildman–Crippen MR) is 115 cm³/mol. The van der Waals surface area contributed by atoms with E-state index in [-0.39, 0.29) is 5.91 Å². The van der Waals surface area contributed by atoms with Crippen molar-refractivity contribution >= 4 is 51.9 Å². The summed E-state index contributed by atoms with van der Waals surface area (Å²) in [5, 5.41) is 6.96. The number of fused-ring (bicyclic) bond motifs is 1. The average molecular weight is 393 g/mol. The summed E-state index contributed by atoms with van der Waals surface area (Å²) in [7, 11) is 0. The van der Waals surface area contributed by atoms with Gasteiger partial charge in [-0.1, -0.05) is 48.0 Å². The van der Waals surface area contributed by atoms with Gasteiger partial charge in [0.2, 0.25) is 0 Å². The number of amides is 1. The molecule has 3 nitrogen and oxygen atoms in total. The number of benzene rings is 3. The molecule has 27 heavy (non-hydrogen) atoms. The molecule has 0 unspecified atom stereocenters. The van der Waals surface area contributed by atoms with Crippen molar-refractivity contribution in [3.63, 3.8) is 0 Å². The first-order valence-corrected chi connectivity index (χ1v) is 10.1. The maximum absolute atomic E-state index is 12.8. The number of halogens is 1. The lowest BCUT2D eigenvalue weighted by Crippen LogP contribution is -2.10. The number of carbonyl (C=O) groups is 1. The van der Waals surface area contributed by atoms with Crippen LogP contribution in [0.5, 0.6) is 0 Å². The van der Waals surface area contributed by atoms with Crippen molar-refractivity contribution in [1.82, 2.24) is 0 Å². The Balaban J connectivity index is 1.86. The zero-order valence-electron chi connectivity index (χ0n) is 14.6. The minimum absolute atomic E-state index is 0.139. The van der Waals surface area contributed by atoms with Gasteiger partial charge in [-0.2, -0.15) is 0 Å². The van der Waals surface area contributed by atoms with E-state index in [9.17, 15) is 4.79 Å². The number of nitrogens with one attached hydrogen (secondary N) is 2. The predicted octanol–water partition coefficient (Wildman–Crippen LogP) is 5.99. The maximum atomic E-state index is 12.8. The van der Waals surface area contributed by atoms with Crippen LogP contribution >= 0.6 is 23.4 Å². The molecule has 0 radical (unpaired) electrons. The van der Waals surface area contributed by atoms with E-state index >= 15 is 0 Å². The molecule has 0 saturated carbocycles. The molecule has 3 aromatic carbocycles. The number of hydrogen-bond donors (Lipinski definition) is 2. The first-order chi connectivity index (χ1) is 13.2. The lowest BCUT2D eigenvalue weighted by molar-refractivity contribution is -0.110. The maximum Gasteiger partial charge on any atom is 0.258 e. The van der Waals surface area contributed by atoms with Crippen molar-refractivity contribution in [1.29, 1.82) is 0 Å². The highest BCUT2D eigenvalue weighted by Crippen LogP contribution is 2.38. The van der Waals surface area contributed by atoms with E-state index in [1.54, 1.807) is 23.9 Å². The van der Waals surface area contributed by atoms with E-state index < -0.39 is 0 Å². The molecule has 0 aliphatic carbocycles. The molecule has 1 aliphatic heterocycles. The smallest absolute Gasteiger partial charge is 0.258 e. The van der Waals surface area contributed by atoms with Crippen LogP contribution in [-0.4, -0.2) is 12.2 Å². The lowest BCUT2D eigenvalue weighted by Gasteiger charge is -2.15. The van der Waals surface area contributed by atoms with Gasteiger partial charge >= 0.3 is 0 Å². The van der Waals surface area contributed by atoms with E-state index in [0.29, 0.717) is 10.6 Å². The summed E-state index contributed by atoms with van der Waals surface area (Å²) in [5.41, 5.74) is 4.83. The van der Waals surface area contributed by atoms with Crippen molar-refractivity contribution < 1.29 is 4.79 Å². The fourth-order valence-electron chi connectivity index (χ4n) is 3.10. The Morgan fingerprint density at radius 3 is 2.44 bits per heavy atom. The Morgan fingerprint density at radius 2 is 1.74 bits per heavy atom. The van der Waals surface area contributed by atoms with Gasteiger partial charge in [-0.25, -0.2) is 0 Å². The van der Waals surface area contributed by atoms with E-state index in [0.717, 1.165) is 28.2 Å². The normalized spacial score (nSPS) is 14.5. The lowest BCUT2D eigenvalue weighted by atomic mass is 10.00. The van der Waals surface area contributed by atoms with Gasteiger partial charge in [0.1, 0.15) is 0 Å². The summed E-state index contributed by atoms with van der Waals surface area (Å²) in [6.07, 6.45) is 2.05. The Labute approximate surface area is 167 Å². The molecule has 1 amide bonds. The molecule has 0 atom stereocenters. The first kappa shape index (κ1) is 17.7. The molecule has 134 valence electrons. The summed E-state index contributed by atoms with van der Waals surface area (Å²) < 4.78 is 0. The molecule has 3 aromatic rings. The van der Waals surface area contributed by atoms with Gasteiger partial charge in [0.05, 0.1) is 17.0 Å². The van der Waals surface area contributed by atoms with E-state index in [4.69, 9.17) is 11.6 Å². The summed E-state index contributed by atoms with van der Waals surface area (Å²) in [5.74, 6) is -0.139. The monoisotopic (exact) mass is 392 g/mol. The minimum Gasteiger partial charge on any atom is -0.354 e. The molecule has 4 rings (SSSR count). The second kappa shape index (κ2) is 7.51. The summed E-state index contributed by atoms with van der Waals surface area (Å²) in [6, 6.07) is 23.5. The van der Waals surface area contributed by atoms with Gasteiger partial charge in [0, 0.05) is 21.2 Å². The molecule has 1 heterocycles. The molecule has 2 N–H and O–H groups in total. The molecule has 1 aliphatic rings. The fraction of sp³-hybridized carbons (Fsp3) is 0.0455. The molecule has 0 spiro atoms. The number of hydrogen-bond acceptors (Lipinski definition) is 3. The van der Waals surface area contributed by atoms with Gasteiger partial charge in [0.25, 0.3) is 5.91 Å². The zero-order valence-corrected chi connectivity index (χ0v) is 16.2. The van der Waals surface area contributed by atoms with Crippen LogP contribution in [0.3, 0.4) is 0 Å². The molecule has 5 heteroatoms. The van der Waals surface area contributed by atoms with Crippen molar-refractivity contribution in [2.75, 3.05) is 16.9 Å². The number of thioether (sulfide) groups is 1. The summed E-state index contributed by atoms with van der Waals surface area (Å²) in [6.45, 7) is 0. The van der Waals surface area contributed by atoms with Gasteiger partial charge in [0.15, 0.2) is 0 Å². The van der Waals surface area contributed by atoms with Gasteiger partial charge in [-0.15, -0.1) is 11.8 Å². The Bertz CT molecular complexity index is 1030. The van der Waals surface area contributed by atoms with E-state index in [1.807, 2.05) is 54.8 Å². The van der Waals surface area contributed by atoms with Crippen LogP contribution in [0, 0.1) is 0 Å². The Hall–Kier alpha value is -2.69. The highest BCUT2D eigenvalue weighted by molar-refractivity contribution is 7.98. The zero-order chi connectivity index (χ0) is 18.8. The molecule has 0 fully saturated rings. The number of carbonyl (C=O) groups excluding carboxylic acids is 1. The molecule has 0 saturated heterocycles. The highest BCUT2D eigenvalue weighted by Gasteiger charge is 2.28. The molecule has 0 bridgehead atoms. The molecular weight excluding hydrogens is 376 g/mol. The third-order valence-corrected chi connectivity index (χ3v) is 5.38. The van der Waals surface area contributed by atoms with Gasteiger partial charge in [-0.3, -0.25) is 4.79 Å². The fourth-order valence-corrected chi connectivity index (χ4v) is 3.68. The van der Waals surface area contributed by atoms with E-state index in [2.05, 4.69) is 22.8 Å². The number of anilines is 2. The SMILES string of the molecule is CSc1ccc(N/C(=C2\C(=O)Nc3cc(Cl)ccc32)c2ccccc2)cc1. The van der Waals surface area contributed by atoms with E-state index in [1.165, 1.54) is 4.90 Å². The molecular formula is C22H17ClN2OS. The van der Waals surface area contributed by atoms with Crippen LogP contribution < -0.4 is 10.6 Å². The average Bonchev–Trinajstić information content (AvgIpc) is 3.02. The third-order valence-electron chi connectivity index (χ3n) is 4.40. The quantitative estimate of drug-likeness (QED) is 0.423. The Morgan fingerprint density at radius 1 is 1.00 bits per heavy atom. The summed E-state index contributed by atoms with van der Waals surface area (Å²) in [4.78, 5) is 14.0. The van der Waals surface area contributed by atoms with Crippen molar-refractivity contribution in [3.8, 4) is 0 Å².